The van der Waals surface area contributed by atoms with Crippen molar-refractivity contribution in [3.8, 4) is 16.9 Å². The van der Waals surface area contributed by atoms with Crippen LogP contribution in [0.25, 0.3) is 11.1 Å². The third-order valence-electron chi connectivity index (χ3n) is 4.68. The van der Waals surface area contributed by atoms with E-state index in [0.717, 1.165) is 23.2 Å². The number of ether oxygens (including phenoxy) is 1. The molecule has 0 saturated carbocycles. The van der Waals surface area contributed by atoms with Crippen LogP contribution in [0.1, 0.15) is 18.1 Å². The largest absolute Gasteiger partial charge is 0.494 e. The van der Waals surface area contributed by atoms with E-state index >= 15 is 0 Å². The first-order valence-corrected chi connectivity index (χ1v) is 11.4. The fourth-order valence-corrected chi connectivity index (χ4v) is 4.26. The molecule has 3 rings (SSSR count). The zero-order chi connectivity index (χ0) is 21.6. The highest BCUT2D eigenvalue weighted by Crippen LogP contribution is 2.25. The van der Waals surface area contributed by atoms with Crippen LogP contribution in [0.2, 0.25) is 0 Å². The van der Waals surface area contributed by atoms with Crippen LogP contribution in [0.15, 0.2) is 77.7 Å². The van der Waals surface area contributed by atoms with Crippen molar-refractivity contribution < 1.29 is 13.2 Å². The Balaban J connectivity index is 1.76. The molecule has 158 valence electrons. The molecule has 0 aromatic heterocycles. The molecule has 0 aliphatic rings. The van der Waals surface area contributed by atoms with Gasteiger partial charge in [-0.05, 0) is 67.5 Å². The Kier molecular flexibility index (Phi) is 7.26. The maximum absolute atomic E-state index is 12.7. The van der Waals surface area contributed by atoms with Gasteiger partial charge < -0.3 is 9.64 Å². The van der Waals surface area contributed by atoms with Crippen LogP contribution in [-0.2, 0) is 23.1 Å². The Bertz CT molecular complexity index is 1060. The summed E-state index contributed by atoms with van der Waals surface area (Å²) in [5.41, 5.74) is 4.24. The van der Waals surface area contributed by atoms with Crippen LogP contribution in [0.5, 0.6) is 5.75 Å². The minimum absolute atomic E-state index is 0.213. The lowest BCUT2D eigenvalue weighted by atomic mass is 9.99. The Morgan fingerprint density at radius 3 is 2.20 bits per heavy atom. The lowest BCUT2D eigenvalue weighted by Gasteiger charge is -2.13. The summed E-state index contributed by atoms with van der Waals surface area (Å²) in [4.78, 5) is 2.34. The highest BCUT2D eigenvalue weighted by Gasteiger charge is 2.15. The second-order valence-corrected chi connectivity index (χ2v) is 9.09. The summed E-state index contributed by atoms with van der Waals surface area (Å²) >= 11 is 0. The molecule has 5 nitrogen and oxygen atoms in total. The SMILES string of the molecule is CCOc1ccc(S(=O)(=O)NCc2ccccc2-c2ccc(CN(C)C)cc2)cc1. The molecule has 6 heteroatoms. The summed E-state index contributed by atoms with van der Waals surface area (Å²) in [6, 6.07) is 22.7. The average molecular weight is 425 g/mol. The average Bonchev–Trinajstić information content (AvgIpc) is 2.73. The van der Waals surface area contributed by atoms with E-state index in [1.165, 1.54) is 5.56 Å². The van der Waals surface area contributed by atoms with Gasteiger partial charge >= 0.3 is 0 Å². The van der Waals surface area contributed by atoms with Gasteiger partial charge in [0, 0.05) is 13.1 Å². The summed E-state index contributed by atoms with van der Waals surface area (Å²) in [6.45, 7) is 3.52. The van der Waals surface area contributed by atoms with Crippen molar-refractivity contribution in [3.05, 3.63) is 83.9 Å². The predicted octanol–water partition coefficient (Wildman–Crippen LogP) is 4.29. The van der Waals surface area contributed by atoms with E-state index in [9.17, 15) is 8.42 Å². The third kappa shape index (κ3) is 5.69. The molecule has 0 amide bonds. The fraction of sp³-hybridized carbons (Fsp3) is 0.250. The minimum atomic E-state index is -3.62. The van der Waals surface area contributed by atoms with Gasteiger partial charge in [-0.2, -0.15) is 0 Å². The lowest BCUT2D eigenvalue weighted by molar-refractivity contribution is 0.340. The number of hydrogen-bond donors (Lipinski definition) is 1. The maximum atomic E-state index is 12.7. The number of rotatable bonds is 9. The highest BCUT2D eigenvalue weighted by atomic mass is 32.2. The summed E-state index contributed by atoms with van der Waals surface area (Å²) in [5, 5.41) is 0. The monoisotopic (exact) mass is 424 g/mol. The van der Waals surface area contributed by atoms with Gasteiger partial charge in [0.1, 0.15) is 5.75 Å². The van der Waals surface area contributed by atoms with Crippen LogP contribution in [0.4, 0.5) is 0 Å². The molecular formula is C24H28N2O3S. The van der Waals surface area contributed by atoms with Crippen LogP contribution in [0, 0.1) is 0 Å². The molecule has 0 bridgehead atoms. The zero-order valence-corrected chi connectivity index (χ0v) is 18.4. The first kappa shape index (κ1) is 22.0. The van der Waals surface area contributed by atoms with E-state index in [1.807, 2.05) is 45.3 Å². The standard InChI is InChI=1S/C24H28N2O3S/c1-4-29-22-13-15-23(16-14-22)30(27,28)25-17-21-7-5-6-8-24(21)20-11-9-19(10-12-20)18-26(2)3/h5-16,25H,4,17-18H2,1-3H3. The van der Waals surface area contributed by atoms with Gasteiger partial charge in [-0.3, -0.25) is 0 Å². The molecule has 1 N–H and O–H groups in total. The maximum Gasteiger partial charge on any atom is 0.240 e. The van der Waals surface area contributed by atoms with Crippen molar-refractivity contribution in [1.29, 1.82) is 0 Å². The van der Waals surface area contributed by atoms with Crippen LogP contribution >= 0.6 is 0 Å². The number of hydrogen-bond acceptors (Lipinski definition) is 4. The van der Waals surface area contributed by atoms with Crippen molar-refractivity contribution in [2.45, 2.75) is 24.9 Å². The van der Waals surface area contributed by atoms with E-state index in [4.69, 9.17) is 4.74 Å². The molecule has 0 aliphatic heterocycles. The number of nitrogens with one attached hydrogen (secondary N) is 1. The van der Waals surface area contributed by atoms with Gasteiger partial charge in [0.05, 0.1) is 11.5 Å². The van der Waals surface area contributed by atoms with E-state index in [0.29, 0.717) is 12.4 Å². The van der Waals surface area contributed by atoms with Gasteiger partial charge in [0.25, 0.3) is 0 Å². The molecule has 0 atom stereocenters. The van der Waals surface area contributed by atoms with E-state index in [-0.39, 0.29) is 11.4 Å². The quantitative estimate of drug-likeness (QED) is 0.557. The van der Waals surface area contributed by atoms with Crippen LogP contribution in [0.3, 0.4) is 0 Å². The molecule has 0 heterocycles. The molecule has 0 radical (unpaired) electrons. The van der Waals surface area contributed by atoms with Crippen LogP contribution < -0.4 is 9.46 Å². The zero-order valence-electron chi connectivity index (χ0n) is 17.6. The van der Waals surface area contributed by atoms with E-state index in [1.54, 1.807) is 24.3 Å². The Morgan fingerprint density at radius 1 is 0.900 bits per heavy atom. The van der Waals surface area contributed by atoms with Crippen LogP contribution in [-0.4, -0.2) is 34.0 Å². The van der Waals surface area contributed by atoms with Crippen molar-refractivity contribution in [2.75, 3.05) is 20.7 Å². The smallest absolute Gasteiger partial charge is 0.240 e. The summed E-state index contributed by atoms with van der Waals surface area (Å²) < 4.78 is 33.5. The van der Waals surface area contributed by atoms with Crippen molar-refractivity contribution in [3.63, 3.8) is 0 Å². The van der Waals surface area contributed by atoms with Gasteiger partial charge in [-0.15, -0.1) is 0 Å². The van der Waals surface area contributed by atoms with E-state index < -0.39 is 10.0 Å². The first-order chi connectivity index (χ1) is 14.4. The van der Waals surface area contributed by atoms with Crippen molar-refractivity contribution in [1.82, 2.24) is 9.62 Å². The van der Waals surface area contributed by atoms with Gasteiger partial charge in [0.2, 0.25) is 10.0 Å². The molecular weight excluding hydrogens is 396 g/mol. The second-order valence-electron chi connectivity index (χ2n) is 7.32. The second kappa shape index (κ2) is 9.89. The van der Waals surface area contributed by atoms with Gasteiger partial charge in [0.15, 0.2) is 0 Å². The Morgan fingerprint density at radius 2 is 1.57 bits per heavy atom. The summed E-state index contributed by atoms with van der Waals surface area (Å²) in [7, 11) is 0.462. The lowest BCUT2D eigenvalue weighted by Crippen LogP contribution is -2.23. The van der Waals surface area contributed by atoms with E-state index in [2.05, 4.69) is 33.9 Å². The number of nitrogens with zero attached hydrogens (tertiary/aromatic N) is 1. The summed E-state index contributed by atoms with van der Waals surface area (Å²) in [5.74, 6) is 0.652. The number of benzene rings is 3. The molecule has 0 spiro atoms. The molecule has 0 saturated heterocycles. The first-order valence-electron chi connectivity index (χ1n) is 9.93. The molecule has 3 aromatic carbocycles. The van der Waals surface area contributed by atoms with Crippen molar-refractivity contribution in [2.24, 2.45) is 0 Å². The van der Waals surface area contributed by atoms with Gasteiger partial charge in [-0.25, -0.2) is 13.1 Å². The molecule has 0 unspecified atom stereocenters. The number of sulfonamides is 1. The molecule has 0 aliphatic carbocycles. The van der Waals surface area contributed by atoms with Gasteiger partial charge in [-0.1, -0.05) is 48.5 Å². The topological polar surface area (TPSA) is 58.6 Å². The third-order valence-corrected chi connectivity index (χ3v) is 6.10. The summed E-state index contributed by atoms with van der Waals surface area (Å²) in [6.07, 6.45) is 0. The Labute approximate surface area is 179 Å². The predicted molar refractivity (Wildman–Crippen MR) is 121 cm³/mol. The Hall–Kier alpha value is -2.67. The fourth-order valence-electron chi connectivity index (χ4n) is 3.25. The minimum Gasteiger partial charge on any atom is -0.494 e. The molecule has 30 heavy (non-hydrogen) atoms. The van der Waals surface area contributed by atoms with Crippen molar-refractivity contribution >= 4 is 10.0 Å². The molecule has 0 fully saturated rings. The molecule has 3 aromatic rings. The normalized spacial score (nSPS) is 11.6. The highest BCUT2D eigenvalue weighted by molar-refractivity contribution is 7.89.